The maximum Gasteiger partial charge on any atom is 0.239 e. The highest BCUT2D eigenvalue weighted by Gasteiger charge is 2.36. The molecule has 0 aliphatic carbocycles. The summed E-state index contributed by atoms with van der Waals surface area (Å²) in [6.45, 7) is 8.02. The van der Waals surface area contributed by atoms with Crippen LogP contribution in [-0.2, 0) is 14.8 Å². The van der Waals surface area contributed by atoms with Crippen LogP contribution in [0.1, 0.15) is 27.2 Å². The molecule has 1 aliphatic heterocycles. The van der Waals surface area contributed by atoms with Crippen LogP contribution < -0.4 is 5.73 Å². The number of rotatable bonds is 6. The van der Waals surface area contributed by atoms with Gasteiger partial charge in [-0.1, -0.05) is 20.8 Å². The highest BCUT2D eigenvalue weighted by atomic mass is 35.5. The number of carbonyl (C=O) groups is 1. The normalized spacial score (nSPS) is 22.9. The zero-order chi connectivity index (χ0) is 14.7. The SMILES string of the molecule is CCN(CC)S(=O)(=O)CC(=O)N1CCC(C)(CN)C1.Cl. The molecule has 1 unspecified atom stereocenters. The Kier molecular flexibility index (Phi) is 7.44. The Bertz CT molecular complexity index is 426. The Morgan fingerprint density at radius 2 is 1.90 bits per heavy atom. The van der Waals surface area contributed by atoms with E-state index in [0.717, 1.165) is 6.42 Å². The lowest BCUT2D eigenvalue weighted by Crippen LogP contribution is -2.41. The molecular weight excluding hydrogens is 302 g/mol. The van der Waals surface area contributed by atoms with E-state index >= 15 is 0 Å². The summed E-state index contributed by atoms with van der Waals surface area (Å²) in [6, 6.07) is 0. The van der Waals surface area contributed by atoms with Gasteiger partial charge in [0.15, 0.2) is 0 Å². The van der Waals surface area contributed by atoms with Gasteiger partial charge in [0.05, 0.1) is 0 Å². The molecule has 0 aromatic heterocycles. The molecule has 0 radical (unpaired) electrons. The Morgan fingerprint density at radius 3 is 2.30 bits per heavy atom. The van der Waals surface area contributed by atoms with Crippen LogP contribution in [0.4, 0.5) is 0 Å². The van der Waals surface area contributed by atoms with E-state index in [2.05, 4.69) is 0 Å². The molecule has 1 amide bonds. The number of carbonyl (C=O) groups excluding carboxylic acids is 1. The number of hydrogen-bond donors (Lipinski definition) is 1. The summed E-state index contributed by atoms with van der Waals surface area (Å²) in [5, 5.41) is 0. The van der Waals surface area contributed by atoms with Crippen LogP contribution in [0.5, 0.6) is 0 Å². The lowest BCUT2D eigenvalue weighted by Gasteiger charge is -2.24. The summed E-state index contributed by atoms with van der Waals surface area (Å²) in [6.07, 6.45) is 0.834. The molecule has 0 saturated carbocycles. The monoisotopic (exact) mass is 327 g/mol. The van der Waals surface area contributed by atoms with E-state index in [1.165, 1.54) is 4.31 Å². The summed E-state index contributed by atoms with van der Waals surface area (Å²) < 4.78 is 25.4. The molecule has 0 aromatic rings. The van der Waals surface area contributed by atoms with Crippen LogP contribution in [-0.4, -0.2) is 62.0 Å². The van der Waals surface area contributed by atoms with E-state index < -0.39 is 15.8 Å². The van der Waals surface area contributed by atoms with Crippen molar-refractivity contribution in [3.05, 3.63) is 0 Å². The molecule has 120 valence electrons. The molecule has 1 heterocycles. The summed E-state index contributed by atoms with van der Waals surface area (Å²) in [5.74, 6) is -0.751. The van der Waals surface area contributed by atoms with Crippen molar-refractivity contribution >= 4 is 28.3 Å². The van der Waals surface area contributed by atoms with Gasteiger partial charge >= 0.3 is 0 Å². The Morgan fingerprint density at radius 1 is 1.35 bits per heavy atom. The third kappa shape index (κ3) is 4.58. The van der Waals surface area contributed by atoms with Crippen molar-refractivity contribution in [1.29, 1.82) is 0 Å². The molecule has 20 heavy (non-hydrogen) atoms. The van der Waals surface area contributed by atoms with Gasteiger partial charge in [0, 0.05) is 26.2 Å². The van der Waals surface area contributed by atoms with E-state index in [1.54, 1.807) is 18.7 Å². The van der Waals surface area contributed by atoms with Gasteiger partial charge in [0.2, 0.25) is 15.9 Å². The van der Waals surface area contributed by atoms with Gasteiger partial charge in [-0.2, -0.15) is 0 Å². The van der Waals surface area contributed by atoms with E-state index in [-0.39, 0.29) is 23.7 Å². The van der Waals surface area contributed by atoms with E-state index in [9.17, 15) is 13.2 Å². The predicted octanol–water partition coefficient (Wildman–Crippen LogP) is 0.277. The highest BCUT2D eigenvalue weighted by molar-refractivity contribution is 7.89. The fourth-order valence-electron chi connectivity index (χ4n) is 2.36. The van der Waals surface area contributed by atoms with Crippen molar-refractivity contribution in [2.75, 3.05) is 38.5 Å². The molecule has 1 aliphatic rings. The van der Waals surface area contributed by atoms with Crippen LogP contribution in [0.3, 0.4) is 0 Å². The van der Waals surface area contributed by atoms with Gasteiger partial charge in [0.1, 0.15) is 5.75 Å². The summed E-state index contributed by atoms with van der Waals surface area (Å²) >= 11 is 0. The molecule has 1 saturated heterocycles. The Labute approximate surface area is 128 Å². The highest BCUT2D eigenvalue weighted by Crippen LogP contribution is 2.28. The number of hydrogen-bond acceptors (Lipinski definition) is 4. The first-order chi connectivity index (χ1) is 8.78. The maximum atomic E-state index is 12.1. The van der Waals surface area contributed by atoms with Gasteiger partial charge in [-0.25, -0.2) is 12.7 Å². The Hall–Kier alpha value is -0.370. The van der Waals surface area contributed by atoms with E-state index in [0.29, 0.717) is 32.7 Å². The van der Waals surface area contributed by atoms with Crippen molar-refractivity contribution in [3.8, 4) is 0 Å². The van der Waals surface area contributed by atoms with E-state index in [1.807, 2.05) is 6.92 Å². The molecular formula is C12H26ClN3O3S. The van der Waals surface area contributed by atoms with Gasteiger partial charge in [0.25, 0.3) is 0 Å². The third-order valence-electron chi connectivity index (χ3n) is 3.81. The molecule has 0 bridgehead atoms. The van der Waals surface area contributed by atoms with Crippen molar-refractivity contribution in [3.63, 3.8) is 0 Å². The number of sulfonamides is 1. The fourth-order valence-corrected chi connectivity index (χ4v) is 3.82. The minimum Gasteiger partial charge on any atom is -0.341 e. The number of amides is 1. The predicted molar refractivity (Wildman–Crippen MR) is 82.3 cm³/mol. The standard InChI is InChI=1S/C12H25N3O3S.ClH/c1-4-15(5-2)19(17,18)8-11(16)14-7-6-12(3,9-13)10-14;/h4-10,13H2,1-3H3;1H. The van der Waals surface area contributed by atoms with Crippen LogP contribution >= 0.6 is 12.4 Å². The molecule has 1 rings (SSSR count). The third-order valence-corrected chi connectivity index (χ3v) is 5.72. The smallest absolute Gasteiger partial charge is 0.239 e. The Balaban J connectivity index is 0.00000361. The zero-order valence-electron chi connectivity index (χ0n) is 12.5. The quantitative estimate of drug-likeness (QED) is 0.759. The topological polar surface area (TPSA) is 83.7 Å². The largest absolute Gasteiger partial charge is 0.341 e. The van der Waals surface area contributed by atoms with Crippen LogP contribution in [0.15, 0.2) is 0 Å². The first-order valence-electron chi connectivity index (χ1n) is 6.73. The van der Waals surface area contributed by atoms with Gasteiger partial charge in [-0.15, -0.1) is 12.4 Å². The van der Waals surface area contributed by atoms with Gasteiger partial charge in [-0.3, -0.25) is 4.79 Å². The maximum absolute atomic E-state index is 12.1. The first-order valence-corrected chi connectivity index (χ1v) is 8.34. The van der Waals surface area contributed by atoms with Crippen LogP contribution in [0.25, 0.3) is 0 Å². The zero-order valence-corrected chi connectivity index (χ0v) is 14.1. The van der Waals surface area contributed by atoms with Gasteiger partial charge < -0.3 is 10.6 Å². The number of nitrogens with two attached hydrogens (primary N) is 1. The van der Waals surface area contributed by atoms with E-state index in [4.69, 9.17) is 5.73 Å². The molecule has 8 heteroatoms. The van der Waals surface area contributed by atoms with Crippen molar-refractivity contribution in [1.82, 2.24) is 9.21 Å². The van der Waals surface area contributed by atoms with Crippen molar-refractivity contribution in [2.45, 2.75) is 27.2 Å². The fraction of sp³-hybridized carbons (Fsp3) is 0.917. The second kappa shape index (κ2) is 7.59. The second-order valence-corrected chi connectivity index (χ2v) is 7.39. The summed E-state index contributed by atoms with van der Waals surface area (Å²) in [4.78, 5) is 13.7. The first kappa shape index (κ1) is 19.6. The summed E-state index contributed by atoms with van der Waals surface area (Å²) in [5.41, 5.74) is 5.61. The average Bonchev–Trinajstić information content (AvgIpc) is 2.73. The lowest BCUT2D eigenvalue weighted by molar-refractivity contribution is -0.127. The van der Waals surface area contributed by atoms with Crippen LogP contribution in [0, 0.1) is 5.41 Å². The number of likely N-dealkylation sites (tertiary alicyclic amines) is 1. The summed E-state index contributed by atoms with van der Waals surface area (Å²) in [7, 11) is -3.49. The number of halogens is 1. The van der Waals surface area contributed by atoms with Crippen molar-refractivity contribution in [2.24, 2.45) is 11.1 Å². The average molecular weight is 328 g/mol. The minimum atomic E-state index is -3.49. The molecule has 0 aromatic carbocycles. The molecule has 6 nitrogen and oxygen atoms in total. The number of nitrogens with zero attached hydrogens (tertiary/aromatic N) is 2. The van der Waals surface area contributed by atoms with Gasteiger partial charge in [-0.05, 0) is 18.4 Å². The molecule has 2 N–H and O–H groups in total. The molecule has 1 fully saturated rings. The lowest BCUT2D eigenvalue weighted by atomic mass is 9.90. The molecule has 0 spiro atoms. The van der Waals surface area contributed by atoms with Crippen LogP contribution in [0.2, 0.25) is 0 Å². The minimum absolute atomic E-state index is 0. The molecule has 1 atom stereocenters. The van der Waals surface area contributed by atoms with Crippen molar-refractivity contribution < 1.29 is 13.2 Å². The second-order valence-electron chi connectivity index (χ2n) is 5.42.